The number of nitrogens with one attached hydrogen (secondary N) is 1. The van der Waals surface area contributed by atoms with Crippen molar-refractivity contribution in [2.24, 2.45) is 0 Å². The molecule has 1 heterocycles. The fourth-order valence-electron chi connectivity index (χ4n) is 2.36. The minimum absolute atomic E-state index is 0.615. The van der Waals surface area contributed by atoms with Crippen LogP contribution in [0.1, 0.15) is 37.6 Å². The predicted molar refractivity (Wildman–Crippen MR) is 82.8 cm³/mol. The SMILES string of the molecule is CCCc1ccc(-c2cc(NC3CC3)nc(C)n2)cc1. The van der Waals surface area contributed by atoms with Crippen LogP contribution < -0.4 is 5.32 Å². The molecule has 3 heteroatoms. The number of anilines is 1. The van der Waals surface area contributed by atoms with Gasteiger partial charge in [-0.25, -0.2) is 9.97 Å². The highest BCUT2D eigenvalue weighted by atomic mass is 15.1. The minimum Gasteiger partial charge on any atom is -0.367 e. The first-order chi connectivity index (χ1) is 9.74. The predicted octanol–water partition coefficient (Wildman–Crippen LogP) is 3.98. The van der Waals surface area contributed by atoms with Gasteiger partial charge in [-0.15, -0.1) is 0 Å². The van der Waals surface area contributed by atoms with Crippen LogP contribution in [0, 0.1) is 6.92 Å². The van der Waals surface area contributed by atoms with Crippen molar-refractivity contribution in [1.82, 2.24) is 9.97 Å². The number of aryl methyl sites for hydroxylation is 2. The summed E-state index contributed by atoms with van der Waals surface area (Å²) in [4.78, 5) is 9.02. The Labute approximate surface area is 120 Å². The van der Waals surface area contributed by atoms with Crippen LogP contribution in [0.15, 0.2) is 30.3 Å². The van der Waals surface area contributed by atoms with Gasteiger partial charge in [-0.05, 0) is 31.7 Å². The van der Waals surface area contributed by atoms with Gasteiger partial charge in [0.15, 0.2) is 0 Å². The molecule has 0 saturated heterocycles. The van der Waals surface area contributed by atoms with Crippen LogP contribution in [0.5, 0.6) is 0 Å². The van der Waals surface area contributed by atoms with Crippen molar-refractivity contribution >= 4 is 5.82 Å². The fourth-order valence-corrected chi connectivity index (χ4v) is 2.36. The van der Waals surface area contributed by atoms with E-state index in [1.54, 1.807) is 0 Å². The Hall–Kier alpha value is -1.90. The quantitative estimate of drug-likeness (QED) is 0.890. The summed E-state index contributed by atoms with van der Waals surface area (Å²) in [7, 11) is 0. The van der Waals surface area contributed by atoms with Crippen LogP contribution in [0.3, 0.4) is 0 Å². The first kappa shape index (κ1) is 13.1. The third-order valence-electron chi connectivity index (χ3n) is 3.56. The van der Waals surface area contributed by atoms with Crippen molar-refractivity contribution < 1.29 is 0 Å². The fraction of sp³-hybridized carbons (Fsp3) is 0.412. The lowest BCUT2D eigenvalue weighted by Crippen LogP contribution is -2.05. The number of nitrogens with zero attached hydrogens (tertiary/aromatic N) is 2. The number of hydrogen-bond acceptors (Lipinski definition) is 3. The van der Waals surface area contributed by atoms with Crippen molar-refractivity contribution in [3.05, 3.63) is 41.7 Å². The summed E-state index contributed by atoms with van der Waals surface area (Å²) < 4.78 is 0. The van der Waals surface area contributed by atoms with Gasteiger partial charge in [-0.1, -0.05) is 37.6 Å². The van der Waals surface area contributed by atoms with Crippen LogP contribution in [0.4, 0.5) is 5.82 Å². The normalized spacial score (nSPS) is 14.3. The topological polar surface area (TPSA) is 37.8 Å². The first-order valence-electron chi connectivity index (χ1n) is 7.46. The maximum atomic E-state index is 4.56. The summed E-state index contributed by atoms with van der Waals surface area (Å²) in [6, 6.07) is 11.4. The van der Waals surface area contributed by atoms with E-state index in [2.05, 4.69) is 52.5 Å². The molecule has 0 radical (unpaired) electrons. The molecular formula is C17H21N3. The Morgan fingerprint density at radius 3 is 2.55 bits per heavy atom. The van der Waals surface area contributed by atoms with E-state index >= 15 is 0 Å². The molecule has 0 bridgehead atoms. The van der Waals surface area contributed by atoms with E-state index < -0.39 is 0 Å². The van der Waals surface area contributed by atoms with Gasteiger partial charge in [-0.2, -0.15) is 0 Å². The van der Waals surface area contributed by atoms with E-state index in [4.69, 9.17) is 0 Å². The zero-order chi connectivity index (χ0) is 13.9. The lowest BCUT2D eigenvalue weighted by Gasteiger charge is -2.08. The summed E-state index contributed by atoms with van der Waals surface area (Å²) in [5.41, 5.74) is 3.55. The molecule has 0 amide bonds. The van der Waals surface area contributed by atoms with Crippen LogP contribution in [0.2, 0.25) is 0 Å². The summed E-state index contributed by atoms with van der Waals surface area (Å²) in [6.07, 6.45) is 4.83. The average Bonchev–Trinajstić information content (AvgIpc) is 3.23. The third kappa shape index (κ3) is 3.16. The minimum atomic E-state index is 0.615. The van der Waals surface area contributed by atoms with E-state index in [9.17, 15) is 0 Å². The molecule has 0 atom stereocenters. The summed E-state index contributed by atoms with van der Waals surface area (Å²) in [5.74, 6) is 1.77. The maximum Gasteiger partial charge on any atom is 0.130 e. The van der Waals surface area contributed by atoms with Crippen molar-refractivity contribution in [3.63, 3.8) is 0 Å². The van der Waals surface area contributed by atoms with Crippen LogP contribution in [0.25, 0.3) is 11.3 Å². The average molecular weight is 267 g/mol. The van der Waals surface area contributed by atoms with Crippen LogP contribution >= 0.6 is 0 Å². The lowest BCUT2D eigenvalue weighted by molar-refractivity contribution is 0.922. The molecule has 1 aliphatic rings. The smallest absolute Gasteiger partial charge is 0.130 e. The number of benzene rings is 1. The number of rotatable bonds is 5. The van der Waals surface area contributed by atoms with E-state index in [0.717, 1.165) is 29.3 Å². The van der Waals surface area contributed by atoms with E-state index in [0.29, 0.717) is 6.04 Å². The molecular weight excluding hydrogens is 246 g/mol. The van der Waals surface area contributed by atoms with Crippen molar-refractivity contribution in [1.29, 1.82) is 0 Å². The maximum absolute atomic E-state index is 4.56. The Bertz CT molecular complexity index is 586. The van der Waals surface area contributed by atoms with Gasteiger partial charge < -0.3 is 5.32 Å². The van der Waals surface area contributed by atoms with Crippen molar-refractivity contribution in [3.8, 4) is 11.3 Å². The molecule has 1 N–H and O–H groups in total. The summed E-state index contributed by atoms with van der Waals surface area (Å²) in [5, 5.41) is 3.45. The van der Waals surface area contributed by atoms with Gasteiger partial charge in [0.2, 0.25) is 0 Å². The van der Waals surface area contributed by atoms with Gasteiger partial charge in [0.25, 0.3) is 0 Å². The molecule has 1 aromatic heterocycles. The molecule has 104 valence electrons. The van der Waals surface area contributed by atoms with Crippen molar-refractivity contribution in [2.75, 3.05) is 5.32 Å². The van der Waals surface area contributed by atoms with Gasteiger partial charge >= 0.3 is 0 Å². The molecule has 1 saturated carbocycles. The second-order valence-corrected chi connectivity index (χ2v) is 5.55. The molecule has 2 aromatic rings. The van der Waals surface area contributed by atoms with Gasteiger partial charge in [0.05, 0.1) is 5.69 Å². The Balaban J connectivity index is 1.85. The standard InChI is InChI=1S/C17H21N3/c1-3-4-13-5-7-14(8-6-13)16-11-17(19-12(2)18-16)20-15-9-10-15/h5-8,11,15H,3-4,9-10H2,1-2H3,(H,18,19,20). The van der Waals surface area contributed by atoms with Crippen LogP contribution in [-0.4, -0.2) is 16.0 Å². The van der Waals surface area contributed by atoms with Crippen molar-refractivity contribution in [2.45, 2.75) is 45.6 Å². The Kier molecular flexibility index (Phi) is 3.68. The zero-order valence-electron chi connectivity index (χ0n) is 12.2. The summed E-state index contributed by atoms with van der Waals surface area (Å²) >= 11 is 0. The highest BCUT2D eigenvalue weighted by molar-refractivity contribution is 5.63. The highest BCUT2D eigenvalue weighted by Crippen LogP contribution is 2.26. The number of aromatic nitrogens is 2. The van der Waals surface area contributed by atoms with E-state index in [1.165, 1.54) is 24.8 Å². The number of hydrogen-bond donors (Lipinski definition) is 1. The Morgan fingerprint density at radius 1 is 1.15 bits per heavy atom. The molecule has 3 nitrogen and oxygen atoms in total. The molecule has 0 spiro atoms. The second-order valence-electron chi connectivity index (χ2n) is 5.55. The molecule has 20 heavy (non-hydrogen) atoms. The third-order valence-corrected chi connectivity index (χ3v) is 3.56. The largest absolute Gasteiger partial charge is 0.367 e. The second kappa shape index (κ2) is 5.61. The molecule has 1 aromatic carbocycles. The Morgan fingerprint density at radius 2 is 1.90 bits per heavy atom. The zero-order valence-corrected chi connectivity index (χ0v) is 12.2. The van der Waals surface area contributed by atoms with Gasteiger partial charge in [-0.3, -0.25) is 0 Å². The van der Waals surface area contributed by atoms with Gasteiger partial charge in [0.1, 0.15) is 11.6 Å². The molecule has 0 aliphatic heterocycles. The van der Waals surface area contributed by atoms with Crippen LogP contribution in [-0.2, 0) is 6.42 Å². The van der Waals surface area contributed by atoms with E-state index in [-0.39, 0.29) is 0 Å². The first-order valence-corrected chi connectivity index (χ1v) is 7.46. The monoisotopic (exact) mass is 267 g/mol. The molecule has 1 fully saturated rings. The molecule has 0 unspecified atom stereocenters. The highest BCUT2D eigenvalue weighted by Gasteiger charge is 2.21. The van der Waals surface area contributed by atoms with Gasteiger partial charge in [0, 0.05) is 17.7 Å². The lowest BCUT2D eigenvalue weighted by atomic mass is 10.1. The van der Waals surface area contributed by atoms with E-state index in [1.807, 2.05) is 6.92 Å². The summed E-state index contributed by atoms with van der Waals surface area (Å²) in [6.45, 7) is 4.16. The molecule has 1 aliphatic carbocycles. The molecule has 3 rings (SSSR count).